The highest BCUT2D eigenvalue weighted by Crippen LogP contribution is 2.55. The van der Waals surface area contributed by atoms with E-state index in [0.29, 0.717) is 18.3 Å². The number of carbonyl (C=O) groups is 3. The lowest BCUT2D eigenvalue weighted by Gasteiger charge is -2.31. The Hall–Kier alpha value is -2.11. The average molecular weight is 459 g/mol. The molecule has 0 aliphatic heterocycles. The van der Waals surface area contributed by atoms with Crippen molar-refractivity contribution in [1.29, 1.82) is 0 Å². The molecule has 0 aromatic carbocycles. The molecule has 182 valence electrons. The summed E-state index contributed by atoms with van der Waals surface area (Å²) >= 11 is 0. The SMILES string of the molecule is CCC1(OC(=O)C2CC3C=CC2C3)CCCC1.COC(=O)CC1(C(=O)OC)CC2=CCC1C2. The fourth-order valence-electron chi connectivity index (χ4n) is 6.85. The van der Waals surface area contributed by atoms with Gasteiger partial charge in [-0.3, -0.25) is 14.4 Å². The van der Waals surface area contributed by atoms with Gasteiger partial charge in [0.15, 0.2) is 0 Å². The van der Waals surface area contributed by atoms with Crippen LogP contribution in [-0.2, 0) is 28.6 Å². The molecule has 33 heavy (non-hydrogen) atoms. The van der Waals surface area contributed by atoms with Gasteiger partial charge in [0.05, 0.1) is 32.0 Å². The predicted molar refractivity (Wildman–Crippen MR) is 123 cm³/mol. The van der Waals surface area contributed by atoms with Gasteiger partial charge in [-0.1, -0.05) is 30.7 Å². The number of rotatable bonds is 6. The summed E-state index contributed by atoms with van der Waals surface area (Å²) in [6.45, 7) is 2.15. The number of carbonyl (C=O) groups excluding carboxylic acids is 3. The Morgan fingerprint density at radius 2 is 1.82 bits per heavy atom. The fourth-order valence-corrected chi connectivity index (χ4v) is 6.85. The molecule has 0 radical (unpaired) electrons. The van der Waals surface area contributed by atoms with Crippen molar-refractivity contribution in [2.75, 3.05) is 14.2 Å². The molecule has 5 rings (SSSR count). The van der Waals surface area contributed by atoms with Crippen LogP contribution >= 0.6 is 0 Å². The van der Waals surface area contributed by atoms with Gasteiger partial charge in [0.25, 0.3) is 0 Å². The lowest BCUT2D eigenvalue weighted by Crippen LogP contribution is -2.39. The molecule has 0 saturated heterocycles. The monoisotopic (exact) mass is 458 g/mol. The van der Waals surface area contributed by atoms with Gasteiger partial charge in [0.1, 0.15) is 5.60 Å². The second-order valence-corrected chi connectivity index (χ2v) is 10.6. The third-order valence-corrected chi connectivity index (χ3v) is 8.86. The molecule has 6 heteroatoms. The number of methoxy groups -OCH3 is 2. The normalized spacial score (nSPS) is 34.5. The van der Waals surface area contributed by atoms with Gasteiger partial charge in [-0.25, -0.2) is 0 Å². The molecule has 3 fully saturated rings. The second-order valence-electron chi connectivity index (χ2n) is 10.6. The van der Waals surface area contributed by atoms with Gasteiger partial charge in [-0.2, -0.15) is 0 Å². The smallest absolute Gasteiger partial charge is 0.313 e. The van der Waals surface area contributed by atoms with Crippen LogP contribution in [0.25, 0.3) is 0 Å². The summed E-state index contributed by atoms with van der Waals surface area (Å²) in [5, 5.41) is 0. The lowest BCUT2D eigenvalue weighted by atomic mass is 9.72. The van der Waals surface area contributed by atoms with Crippen LogP contribution in [0.3, 0.4) is 0 Å². The highest BCUT2D eigenvalue weighted by Gasteiger charge is 2.54. The zero-order valence-electron chi connectivity index (χ0n) is 20.3. The van der Waals surface area contributed by atoms with Crippen LogP contribution in [0.2, 0.25) is 0 Å². The number of esters is 3. The number of hydrogen-bond acceptors (Lipinski definition) is 6. The maximum atomic E-state index is 12.3. The molecule has 0 heterocycles. The van der Waals surface area contributed by atoms with Gasteiger partial charge in [-0.05, 0) is 82.0 Å². The maximum Gasteiger partial charge on any atom is 0.313 e. The first-order valence-electron chi connectivity index (χ1n) is 12.6. The number of hydrogen-bond donors (Lipinski definition) is 0. The predicted octanol–water partition coefficient (Wildman–Crippen LogP) is 4.91. The Bertz CT molecular complexity index is 836. The summed E-state index contributed by atoms with van der Waals surface area (Å²) in [6, 6.07) is 0. The molecular weight excluding hydrogens is 420 g/mol. The Morgan fingerprint density at radius 1 is 1.06 bits per heavy atom. The molecule has 0 amide bonds. The van der Waals surface area contributed by atoms with Crippen LogP contribution in [0.4, 0.5) is 0 Å². The minimum atomic E-state index is -0.661. The molecule has 0 aromatic rings. The molecule has 6 nitrogen and oxygen atoms in total. The first-order chi connectivity index (χ1) is 15.8. The topological polar surface area (TPSA) is 78.9 Å². The first kappa shape index (κ1) is 24.0. The highest BCUT2D eigenvalue weighted by molar-refractivity contribution is 5.85. The Balaban J connectivity index is 0.000000157. The largest absolute Gasteiger partial charge is 0.469 e. The van der Waals surface area contributed by atoms with Crippen molar-refractivity contribution in [1.82, 2.24) is 0 Å². The van der Waals surface area contributed by atoms with Crippen molar-refractivity contribution in [2.24, 2.45) is 29.1 Å². The van der Waals surface area contributed by atoms with Crippen LogP contribution in [0.5, 0.6) is 0 Å². The average Bonchev–Trinajstić information content (AvgIpc) is 3.65. The van der Waals surface area contributed by atoms with Crippen LogP contribution in [0.15, 0.2) is 23.8 Å². The summed E-state index contributed by atoms with van der Waals surface area (Å²) in [5.74, 6) is 0.986. The summed E-state index contributed by atoms with van der Waals surface area (Å²) in [5.41, 5.74) is 0.508. The van der Waals surface area contributed by atoms with E-state index in [1.165, 1.54) is 39.1 Å². The van der Waals surface area contributed by atoms with Crippen LogP contribution in [0.1, 0.15) is 77.6 Å². The molecule has 0 spiro atoms. The van der Waals surface area contributed by atoms with E-state index < -0.39 is 5.41 Å². The van der Waals surface area contributed by atoms with Gasteiger partial charge in [0.2, 0.25) is 0 Å². The van der Waals surface area contributed by atoms with E-state index >= 15 is 0 Å². The summed E-state index contributed by atoms with van der Waals surface area (Å²) < 4.78 is 15.4. The number of ether oxygens (including phenoxy) is 3. The first-order valence-corrected chi connectivity index (χ1v) is 12.6. The van der Waals surface area contributed by atoms with Gasteiger partial charge < -0.3 is 14.2 Å². The van der Waals surface area contributed by atoms with Gasteiger partial charge in [-0.15, -0.1) is 0 Å². The Labute approximate surface area is 197 Å². The summed E-state index contributed by atoms with van der Waals surface area (Å²) in [7, 11) is 2.72. The van der Waals surface area contributed by atoms with Crippen molar-refractivity contribution < 1.29 is 28.6 Å². The van der Waals surface area contributed by atoms with Gasteiger partial charge in [0, 0.05) is 0 Å². The second kappa shape index (κ2) is 9.63. The lowest BCUT2D eigenvalue weighted by molar-refractivity contribution is -0.165. The molecule has 0 aromatic heterocycles. The van der Waals surface area contributed by atoms with E-state index in [4.69, 9.17) is 9.47 Å². The Morgan fingerprint density at radius 3 is 2.30 bits per heavy atom. The van der Waals surface area contributed by atoms with Crippen LogP contribution in [-0.4, -0.2) is 37.7 Å². The summed E-state index contributed by atoms with van der Waals surface area (Å²) in [6.07, 6.45) is 17.0. The van der Waals surface area contributed by atoms with Crippen molar-refractivity contribution in [3.05, 3.63) is 23.8 Å². The summed E-state index contributed by atoms with van der Waals surface area (Å²) in [4.78, 5) is 35.6. The van der Waals surface area contributed by atoms with E-state index in [1.54, 1.807) is 0 Å². The maximum absolute atomic E-state index is 12.3. The van der Waals surface area contributed by atoms with Gasteiger partial charge >= 0.3 is 17.9 Å². The zero-order valence-corrected chi connectivity index (χ0v) is 20.3. The third-order valence-electron chi connectivity index (χ3n) is 8.86. The van der Waals surface area contributed by atoms with E-state index in [9.17, 15) is 14.4 Å². The van der Waals surface area contributed by atoms with Crippen molar-refractivity contribution in [2.45, 2.75) is 83.2 Å². The van der Waals surface area contributed by atoms with E-state index in [-0.39, 0.29) is 41.8 Å². The molecule has 5 aliphatic rings. The minimum absolute atomic E-state index is 0.0885. The van der Waals surface area contributed by atoms with Crippen LogP contribution in [0, 0.1) is 29.1 Å². The van der Waals surface area contributed by atoms with E-state index in [2.05, 4.69) is 29.9 Å². The number of fused-ring (bicyclic) bond motifs is 4. The molecule has 5 unspecified atom stereocenters. The Kier molecular flexibility index (Phi) is 7.01. The zero-order chi connectivity index (χ0) is 23.6. The van der Waals surface area contributed by atoms with E-state index in [1.807, 2.05) is 0 Å². The molecular formula is C27H38O6. The quantitative estimate of drug-likeness (QED) is 0.320. The molecule has 3 saturated carbocycles. The van der Waals surface area contributed by atoms with Crippen LogP contribution < -0.4 is 0 Å². The van der Waals surface area contributed by atoms with Crippen molar-refractivity contribution in [3.8, 4) is 0 Å². The minimum Gasteiger partial charge on any atom is -0.469 e. The third kappa shape index (κ3) is 4.63. The standard InChI is InChI=1S/C15H22O2.C12H16O4/c1-2-15(7-3-4-8-15)17-14(16)13-10-11-5-6-12(13)9-11;1-15-10(13)7-12(11(14)16-2)6-8-3-4-9(12)5-8/h5-6,11-13H,2-4,7-10H2,1H3;3,9H,4-7H2,1-2H3. The highest BCUT2D eigenvalue weighted by atomic mass is 16.6. The molecule has 4 bridgehead atoms. The number of allylic oxidation sites excluding steroid dienone is 4. The van der Waals surface area contributed by atoms with Crippen molar-refractivity contribution >= 4 is 17.9 Å². The molecule has 0 N–H and O–H groups in total. The van der Waals surface area contributed by atoms with E-state index in [0.717, 1.165) is 38.5 Å². The molecule has 5 atom stereocenters. The fraction of sp³-hybridized carbons (Fsp3) is 0.741. The van der Waals surface area contributed by atoms with Crippen molar-refractivity contribution in [3.63, 3.8) is 0 Å². The molecule has 5 aliphatic carbocycles.